The molecule has 1 saturated carbocycles. The number of aryl methyl sites for hydroxylation is 1. The van der Waals surface area contributed by atoms with E-state index in [0.29, 0.717) is 32.2 Å². The average Bonchev–Trinajstić information content (AvgIpc) is 3.87. The Kier molecular flexibility index (Phi) is 10.3. The second kappa shape index (κ2) is 15.0. The Labute approximate surface area is 322 Å². The predicted octanol–water partition coefficient (Wildman–Crippen LogP) is 5.33. The number of piperazine rings is 1. The first-order valence-electron chi connectivity index (χ1n) is 19.6. The lowest BCUT2D eigenvalue weighted by Crippen LogP contribution is -2.59. The van der Waals surface area contributed by atoms with E-state index in [9.17, 15) is 9.59 Å². The van der Waals surface area contributed by atoms with E-state index >= 15 is 0 Å². The molecule has 3 N–H and O–H groups in total. The fraction of sp³-hybridized carbons (Fsp3) is 0.561. The summed E-state index contributed by atoms with van der Waals surface area (Å²) in [6, 6.07) is 8.30. The summed E-state index contributed by atoms with van der Waals surface area (Å²) in [6.45, 7) is 14.1. The number of hydrazine groups is 1. The van der Waals surface area contributed by atoms with Crippen LogP contribution in [0.15, 0.2) is 35.8 Å². The summed E-state index contributed by atoms with van der Waals surface area (Å²) in [4.78, 5) is 42.2. The molecule has 1 aromatic carbocycles. The Hall–Kier alpha value is -3.88. The van der Waals surface area contributed by atoms with E-state index in [2.05, 4.69) is 77.1 Å². The summed E-state index contributed by atoms with van der Waals surface area (Å²) in [5, 5.41) is 5.48. The van der Waals surface area contributed by atoms with Crippen LogP contribution in [0.5, 0.6) is 0 Å². The standard InChI is InChI=1S/C41H54N8O4S/c1-6-48-35-12-9-26-18-29(35)31(38(48)30-19-28(22-43-37(30)25(2)52-5)47-16-14-46(15-17-47)27-10-11-27)21-41(3,4)24-53-40(51)33-8-7-13-49(45-33)39(50)32(42)20-36-44-34(26)23-54-36/h9,12,18-19,22-23,25,27,32-33,45H,6-8,10-11,13-17,20-21,24,42H2,1-5H3/t25-,32-,33-/m0/s1. The number of thiazole rings is 1. The van der Waals surface area contributed by atoms with Gasteiger partial charge >= 0.3 is 5.97 Å². The van der Waals surface area contributed by atoms with Gasteiger partial charge < -0.3 is 24.7 Å². The Bertz CT molecular complexity index is 2030. The van der Waals surface area contributed by atoms with Crippen LogP contribution in [-0.4, -0.2) is 101 Å². The molecular weight excluding hydrogens is 701 g/mol. The SMILES string of the molecule is CCn1c(-c2cc(N3CCN(C4CC4)CC3)cnc2[C@H](C)OC)c2c3cc(ccc31)-c1csc(n1)C[C@H](N)C(=O)N1CCC[C@H](N1)C(=O)OCC(C)(C)C2. The van der Waals surface area contributed by atoms with E-state index in [1.807, 2.05) is 6.20 Å². The van der Waals surface area contributed by atoms with Gasteiger partial charge in [0.15, 0.2) is 0 Å². The minimum absolute atomic E-state index is 0.218. The Morgan fingerprint density at radius 3 is 2.65 bits per heavy atom. The molecule has 0 radical (unpaired) electrons. The highest BCUT2D eigenvalue weighted by Crippen LogP contribution is 2.43. The number of hydrogen-bond acceptors (Lipinski definition) is 11. The smallest absolute Gasteiger partial charge is 0.324 e. The summed E-state index contributed by atoms with van der Waals surface area (Å²) >= 11 is 1.52. The number of amides is 1. The lowest BCUT2D eigenvalue weighted by atomic mass is 9.84. The first-order valence-corrected chi connectivity index (χ1v) is 20.5. The fourth-order valence-electron chi connectivity index (χ4n) is 8.47. The number of hydrogen-bond donors (Lipinski definition) is 2. The van der Waals surface area contributed by atoms with Gasteiger partial charge in [0.2, 0.25) is 0 Å². The van der Waals surface area contributed by atoms with Crippen molar-refractivity contribution in [2.45, 2.75) is 97.0 Å². The zero-order valence-electron chi connectivity index (χ0n) is 32.3. The summed E-state index contributed by atoms with van der Waals surface area (Å²) in [5.74, 6) is -0.598. The van der Waals surface area contributed by atoms with Gasteiger partial charge in [0, 0.05) is 91.7 Å². The van der Waals surface area contributed by atoms with Gasteiger partial charge in [0.05, 0.1) is 52.7 Å². The van der Waals surface area contributed by atoms with E-state index in [0.717, 1.165) is 88.6 Å². The molecule has 4 aromatic rings. The van der Waals surface area contributed by atoms with Gasteiger partial charge in [-0.15, -0.1) is 11.3 Å². The van der Waals surface area contributed by atoms with Gasteiger partial charge in [-0.25, -0.2) is 10.4 Å². The largest absolute Gasteiger partial charge is 0.464 e. The molecule has 3 atom stereocenters. The molecule has 12 nitrogen and oxygen atoms in total. The highest BCUT2D eigenvalue weighted by Gasteiger charge is 2.35. The van der Waals surface area contributed by atoms with Crippen molar-refractivity contribution in [2.75, 3.05) is 51.3 Å². The molecule has 6 heterocycles. The van der Waals surface area contributed by atoms with Crippen LogP contribution in [0.1, 0.15) is 75.7 Å². The summed E-state index contributed by atoms with van der Waals surface area (Å²) in [7, 11) is 1.74. The number of nitrogens with two attached hydrogens (primary N) is 1. The van der Waals surface area contributed by atoms with Crippen LogP contribution < -0.4 is 16.1 Å². The highest BCUT2D eigenvalue weighted by atomic mass is 32.1. The molecule has 13 heteroatoms. The molecule has 54 heavy (non-hydrogen) atoms. The van der Waals surface area contributed by atoms with E-state index in [1.165, 1.54) is 34.8 Å². The van der Waals surface area contributed by atoms with Gasteiger partial charge in [-0.05, 0) is 69.7 Å². The van der Waals surface area contributed by atoms with E-state index in [1.54, 1.807) is 7.11 Å². The molecular formula is C41H54N8O4S. The third-order valence-electron chi connectivity index (χ3n) is 11.7. The third-order valence-corrected chi connectivity index (χ3v) is 12.6. The van der Waals surface area contributed by atoms with Crippen molar-refractivity contribution in [1.82, 2.24) is 29.9 Å². The van der Waals surface area contributed by atoms with Crippen LogP contribution in [0.4, 0.5) is 5.69 Å². The molecule has 1 aliphatic carbocycles. The highest BCUT2D eigenvalue weighted by molar-refractivity contribution is 7.10. The van der Waals surface area contributed by atoms with E-state index < -0.39 is 17.5 Å². The second-order valence-corrected chi connectivity index (χ2v) is 17.2. The van der Waals surface area contributed by atoms with Crippen LogP contribution in [0, 0.1) is 5.41 Å². The zero-order valence-corrected chi connectivity index (χ0v) is 33.1. The Morgan fingerprint density at radius 1 is 1.11 bits per heavy atom. The number of ether oxygens (including phenoxy) is 2. The lowest BCUT2D eigenvalue weighted by molar-refractivity contribution is -0.154. The number of benzene rings is 1. The van der Waals surface area contributed by atoms with E-state index in [4.69, 9.17) is 25.2 Å². The number of anilines is 1. The number of carbonyl (C=O) groups excluding carboxylic acids is 2. The maximum atomic E-state index is 13.6. The van der Waals surface area contributed by atoms with Gasteiger partial charge in [0.25, 0.3) is 5.91 Å². The quantitative estimate of drug-likeness (QED) is 0.249. The molecule has 6 bridgehead atoms. The van der Waals surface area contributed by atoms with Crippen molar-refractivity contribution >= 4 is 39.8 Å². The molecule has 3 aromatic heterocycles. The van der Waals surface area contributed by atoms with Crippen molar-refractivity contribution in [2.24, 2.45) is 11.1 Å². The third kappa shape index (κ3) is 7.28. The Balaban J connectivity index is 1.26. The normalized spacial score (nSPS) is 23.4. The maximum absolute atomic E-state index is 13.6. The monoisotopic (exact) mass is 754 g/mol. The average molecular weight is 755 g/mol. The molecule has 3 fully saturated rings. The van der Waals surface area contributed by atoms with Crippen LogP contribution >= 0.6 is 11.3 Å². The number of esters is 1. The number of pyridine rings is 1. The van der Waals surface area contributed by atoms with Crippen molar-refractivity contribution in [3.63, 3.8) is 0 Å². The maximum Gasteiger partial charge on any atom is 0.324 e. The topological polar surface area (TPSA) is 131 Å². The Morgan fingerprint density at radius 2 is 1.91 bits per heavy atom. The van der Waals surface area contributed by atoms with Gasteiger partial charge in [-0.1, -0.05) is 19.9 Å². The minimum Gasteiger partial charge on any atom is -0.464 e. The number of aromatic nitrogens is 3. The van der Waals surface area contributed by atoms with Crippen LogP contribution in [-0.2, 0) is 38.4 Å². The van der Waals surface area contributed by atoms with Gasteiger partial charge in [-0.3, -0.25) is 24.5 Å². The molecule has 4 aliphatic rings. The van der Waals surface area contributed by atoms with Crippen LogP contribution in [0.25, 0.3) is 33.4 Å². The van der Waals surface area contributed by atoms with Crippen molar-refractivity contribution in [3.8, 4) is 22.5 Å². The zero-order chi connectivity index (χ0) is 37.7. The number of nitrogens with one attached hydrogen (secondary N) is 1. The fourth-order valence-corrected chi connectivity index (χ4v) is 9.33. The first kappa shape index (κ1) is 37.1. The van der Waals surface area contributed by atoms with E-state index in [-0.39, 0.29) is 24.6 Å². The molecule has 3 aliphatic heterocycles. The number of carbonyl (C=O) groups is 2. The van der Waals surface area contributed by atoms with Crippen molar-refractivity contribution in [3.05, 3.63) is 52.1 Å². The number of methoxy groups -OCH3 is 1. The molecule has 0 unspecified atom stereocenters. The van der Waals surface area contributed by atoms with Crippen molar-refractivity contribution in [1.29, 1.82) is 0 Å². The van der Waals surface area contributed by atoms with Crippen LogP contribution in [0.3, 0.4) is 0 Å². The molecule has 8 rings (SSSR count). The second-order valence-electron chi connectivity index (χ2n) is 16.3. The summed E-state index contributed by atoms with van der Waals surface area (Å²) in [5.41, 5.74) is 17.5. The number of nitrogens with zero attached hydrogens (tertiary/aromatic N) is 6. The number of fused-ring (bicyclic) bond motifs is 6. The number of cyclic esters (lactones) is 1. The summed E-state index contributed by atoms with van der Waals surface area (Å²) < 4.78 is 14.5. The molecule has 1 amide bonds. The van der Waals surface area contributed by atoms with Crippen LogP contribution in [0.2, 0.25) is 0 Å². The number of rotatable bonds is 6. The first-order chi connectivity index (χ1) is 26.0. The summed E-state index contributed by atoms with van der Waals surface area (Å²) in [6.07, 6.45) is 6.68. The van der Waals surface area contributed by atoms with Gasteiger partial charge in [-0.2, -0.15) is 0 Å². The van der Waals surface area contributed by atoms with Crippen molar-refractivity contribution < 1.29 is 19.1 Å². The molecule has 2 saturated heterocycles. The lowest BCUT2D eigenvalue weighted by Gasteiger charge is -2.36. The molecule has 288 valence electrons. The molecule has 0 spiro atoms. The predicted molar refractivity (Wildman–Crippen MR) is 212 cm³/mol. The van der Waals surface area contributed by atoms with Gasteiger partial charge in [0.1, 0.15) is 6.04 Å². The minimum atomic E-state index is -0.783.